The number of aromatic nitrogens is 1. The van der Waals surface area contributed by atoms with E-state index < -0.39 is 0 Å². The van der Waals surface area contributed by atoms with Gasteiger partial charge in [-0.2, -0.15) is 0 Å². The highest BCUT2D eigenvalue weighted by Gasteiger charge is 2.17. The Morgan fingerprint density at radius 1 is 1.41 bits per heavy atom. The van der Waals surface area contributed by atoms with Gasteiger partial charge in [-0.25, -0.2) is 0 Å². The van der Waals surface area contributed by atoms with Gasteiger partial charge < -0.3 is 10.1 Å². The van der Waals surface area contributed by atoms with Gasteiger partial charge in [0.2, 0.25) is 0 Å². The highest BCUT2D eigenvalue weighted by atomic mass is 35.5. The second-order valence-electron chi connectivity index (χ2n) is 4.13. The maximum atomic E-state index is 6.04. The molecule has 0 bridgehead atoms. The number of nitrogens with zero attached hydrogens (tertiary/aromatic N) is 1. The van der Waals surface area contributed by atoms with Crippen molar-refractivity contribution in [2.75, 3.05) is 19.0 Å². The summed E-state index contributed by atoms with van der Waals surface area (Å²) < 4.78 is 5.50. The zero-order chi connectivity index (χ0) is 11.8. The van der Waals surface area contributed by atoms with Crippen molar-refractivity contribution in [3.8, 4) is 0 Å². The molecule has 4 heteroatoms. The normalized spacial score (nSPS) is 14.7. The zero-order valence-electron chi connectivity index (χ0n) is 9.59. The fraction of sp³-hybridized carbons (Fsp3) is 0.308. The van der Waals surface area contributed by atoms with E-state index in [1.54, 1.807) is 0 Å². The minimum absolute atomic E-state index is 0.626. The van der Waals surface area contributed by atoms with E-state index in [0.717, 1.165) is 45.9 Å². The summed E-state index contributed by atoms with van der Waals surface area (Å²) >= 11 is 6.04. The first-order valence-corrected chi connectivity index (χ1v) is 6.04. The highest BCUT2D eigenvalue weighted by Crippen LogP contribution is 2.32. The van der Waals surface area contributed by atoms with Crippen LogP contribution >= 0.6 is 11.6 Å². The van der Waals surface area contributed by atoms with Crippen LogP contribution in [0.3, 0.4) is 0 Å². The van der Waals surface area contributed by atoms with Crippen LogP contribution in [-0.2, 0) is 17.8 Å². The Labute approximate surface area is 105 Å². The van der Waals surface area contributed by atoms with Crippen LogP contribution in [-0.4, -0.2) is 18.6 Å². The topological polar surface area (TPSA) is 34.2 Å². The van der Waals surface area contributed by atoms with Gasteiger partial charge in [0.1, 0.15) is 0 Å². The summed E-state index contributed by atoms with van der Waals surface area (Å²) in [6.07, 6.45) is 0.878. The summed E-state index contributed by atoms with van der Waals surface area (Å²) in [5.74, 6) is 0. The largest absolute Gasteiger partial charge is 0.387 e. The molecule has 1 aliphatic heterocycles. The number of nitrogens with one attached hydrogen (secondary N) is 1. The van der Waals surface area contributed by atoms with Gasteiger partial charge in [0.05, 0.1) is 30.1 Å². The third-order valence-corrected chi connectivity index (χ3v) is 3.35. The third kappa shape index (κ3) is 1.75. The van der Waals surface area contributed by atoms with Crippen LogP contribution in [0.25, 0.3) is 10.9 Å². The minimum Gasteiger partial charge on any atom is -0.387 e. The van der Waals surface area contributed by atoms with Crippen LogP contribution in [0.4, 0.5) is 5.69 Å². The summed E-state index contributed by atoms with van der Waals surface area (Å²) in [4.78, 5) is 4.69. The van der Waals surface area contributed by atoms with Crippen molar-refractivity contribution >= 4 is 28.2 Å². The van der Waals surface area contributed by atoms with Gasteiger partial charge in [0.15, 0.2) is 0 Å². The highest BCUT2D eigenvalue weighted by molar-refractivity contribution is 6.31. The lowest BCUT2D eigenvalue weighted by Crippen LogP contribution is -2.14. The van der Waals surface area contributed by atoms with Crippen LogP contribution in [0.5, 0.6) is 0 Å². The number of rotatable bonds is 1. The SMILES string of the molecule is CNc1c2c(nc3ccc(Cl)cc13)CCOC2. The van der Waals surface area contributed by atoms with E-state index in [0.29, 0.717) is 6.61 Å². The lowest BCUT2D eigenvalue weighted by molar-refractivity contribution is 0.110. The predicted molar refractivity (Wildman–Crippen MR) is 69.7 cm³/mol. The van der Waals surface area contributed by atoms with Crippen LogP contribution in [0, 0.1) is 0 Å². The Kier molecular flexibility index (Phi) is 2.65. The van der Waals surface area contributed by atoms with Crippen molar-refractivity contribution in [2.45, 2.75) is 13.0 Å². The number of anilines is 1. The molecule has 1 aliphatic rings. The Morgan fingerprint density at radius 3 is 3.12 bits per heavy atom. The summed E-state index contributed by atoms with van der Waals surface area (Å²) in [6, 6.07) is 5.79. The number of ether oxygens (including phenoxy) is 1. The predicted octanol–water partition coefficient (Wildman–Crippen LogP) is 3.00. The van der Waals surface area contributed by atoms with E-state index >= 15 is 0 Å². The molecule has 0 saturated carbocycles. The molecule has 0 spiro atoms. The van der Waals surface area contributed by atoms with E-state index in [2.05, 4.69) is 10.3 Å². The molecule has 17 heavy (non-hydrogen) atoms. The first kappa shape index (κ1) is 10.8. The fourth-order valence-electron chi connectivity index (χ4n) is 2.32. The Balaban J connectivity index is 2.35. The number of benzene rings is 1. The van der Waals surface area contributed by atoms with E-state index in [9.17, 15) is 0 Å². The molecule has 0 saturated heterocycles. The molecule has 0 atom stereocenters. The summed E-state index contributed by atoms with van der Waals surface area (Å²) in [7, 11) is 1.92. The Morgan fingerprint density at radius 2 is 2.29 bits per heavy atom. The molecule has 88 valence electrons. The van der Waals surface area contributed by atoms with Gasteiger partial charge in [-0.05, 0) is 18.2 Å². The van der Waals surface area contributed by atoms with Gasteiger partial charge in [0, 0.05) is 29.4 Å². The molecule has 3 nitrogen and oxygen atoms in total. The molecule has 3 rings (SSSR count). The number of halogens is 1. The quantitative estimate of drug-likeness (QED) is 0.843. The van der Waals surface area contributed by atoms with Crippen molar-refractivity contribution in [1.82, 2.24) is 4.98 Å². The molecule has 2 aromatic rings. The molecule has 1 aromatic heterocycles. The number of pyridine rings is 1. The molecular weight excluding hydrogens is 236 g/mol. The molecule has 0 fully saturated rings. The van der Waals surface area contributed by atoms with Crippen LogP contribution in [0.1, 0.15) is 11.3 Å². The van der Waals surface area contributed by atoms with E-state index in [1.165, 1.54) is 0 Å². The molecule has 0 aliphatic carbocycles. The standard InChI is InChI=1S/C13H13ClN2O/c1-15-13-9-6-8(14)2-3-11(9)16-12-4-5-17-7-10(12)13/h2-3,6H,4-5,7H2,1H3,(H,15,16). The average molecular weight is 249 g/mol. The fourth-order valence-corrected chi connectivity index (χ4v) is 2.49. The molecule has 1 aromatic carbocycles. The maximum absolute atomic E-state index is 6.04. The summed E-state index contributed by atoms with van der Waals surface area (Å²) in [6.45, 7) is 1.38. The monoisotopic (exact) mass is 248 g/mol. The van der Waals surface area contributed by atoms with E-state index in [4.69, 9.17) is 16.3 Å². The zero-order valence-corrected chi connectivity index (χ0v) is 10.3. The minimum atomic E-state index is 0.626. The average Bonchev–Trinajstić information content (AvgIpc) is 2.36. The van der Waals surface area contributed by atoms with Gasteiger partial charge >= 0.3 is 0 Å². The van der Waals surface area contributed by atoms with Crippen LogP contribution in [0.15, 0.2) is 18.2 Å². The molecule has 0 amide bonds. The second kappa shape index (κ2) is 4.17. The number of fused-ring (bicyclic) bond motifs is 2. The van der Waals surface area contributed by atoms with Gasteiger partial charge in [-0.1, -0.05) is 11.6 Å². The first-order chi connectivity index (χ1) is 8.29. The summed E-state index contributed by atoms with van der Waals surface area (Å²) in [5.41, 5.74) is 4.37. The van der Waals surface area contributed by atoms with Crippen molar-refractivity contribution < 1.29 is 4.74 Å². The molecule has 1 N–H and O–H groups in total. The van der Waals surface area contributed by atoms with Crippen LogP contribution < -0.4 is 5.32 Å². The summed E-state index contributed by atoms with van der Waals surface area (Å²) in [5, 5.41) is 5.04. The van der Waals surface area contributed by atoms with Gasteiger partial charge in [0.25, 0.3) is 0 Å². The molecular formula is C13H13ClN2O. The van der Waals surface area contributed by atoms with Crippen molar-refractivity contribution in [1.29, 1.82) is 0 Å². The Hall–Kier alpha value is -1.32. The van der Waals surface area contributed by atoms with E-state index in [-0.39, 0.29) is 0 Å². The van der Waals surface area contributed by atoms with Gasteiger partial charge in [-0.3, -0.25) is 4.98 Å². The van der Waals surface area contributed by atoms with Crippen molar-refractivity contribution in [2.24, 2.45) is 0 Å². The van der Waals surface area contributed by atoms with Gasteiger partial charge in [-0.15, -0.1) is 0 Å². The van der Waals surface area contributed by atoms with E-state index in [1.807, 2.05) is 25.2 Å². The number of hydrogen-bond acceptors (Lipinski definition) is 3. The smallest absolute Gasteiger partial charge is 0.0755 e. The Bertz CT molecular complexity index is 583. The lowest BCUT2D eigenvalue weighted by atomic mass is 10.0. The second-order valence-corrected chi connectivity index (χ2v) is 4.56. The third-order valence-electron chi connectivity index (χ3n) is 3.11. The van der Waals surface area contributed by atoms with Crippen molar-refractivity contribution in [3.63, 3.8) is 0 Å². The first-order valence-electron chi connectivity index (χ1n) is 5.66. The van der Waals surface area contributed by atoms with Crippen molar-refractivity contribution in [3.05, 3.63) is 34.5 Å². The molecule has 0 unspecified atom stereocenters. The maximum Gasteiger partial charge on any atom is 0.0755 e. The van der Waals surface area contributed by atoms with Crippen LogP contribution in [0.2, 0.25) is 5.02 Å². The number of hydrogen-bond donors (Lipinski definition) is 1. The molecule has 2 heterocycles. The molecule has 0 radical (unpaired) electrons. The lowest BCUT2D eigenvalue weighted by Gasteiger charge is -2.20.